The van der Waals surface area contributed by atoms with Gasteiger partial charge in [0.1, 0.15) is 24.2 Å². The quantitative estimate of drug-likeness (QED) is 0.774. The van der Waals surface area contributed by atoms with Crippen LogP contribution in [-0.2, 0) is 4.74 Å². The van der Waals surface area contributed by atoms with E-state index in [1.807, 2.05) is 24.3 Å². The summed E-state index contributed by atoms with van der Waals surface area (Å²) in [6.07, 6.45) is -0.00359. The van der Waals surface area contributed by atoms with E-state index >= 15 is 0 Å². The molecule has 0 saturated carbocycles. The number of ether oxygens (including phenoxy) is 2. The largest absolute Gasteiger partial charge is 0.473 e. The van der Waals surface area contributed by atoms with Crippen LogP contribution in [-0.4, -0.2) is 42.2 Å². The first-order valence-corrected chi connectivity index (χ1v) is 8.01. The van der Waals surface area contributed by atoms with Crippen LogP contribution in [0.4, 0.5) is 4.39 Å². The second-order valence-corrected chi connectivity index (χ2v) is 5.69. The molecule has 1 aromatic heterocycles. The van der Waals surface area contributed by atoms with E-state index in [9.17, 15) is 4.39 Å². The van der Waals surface area contributed by atoms with Crippen molar-refractivity contribution in [2.24, 2.45) is 0 Å². The van der Waals surface area contributed by atoms with Gasteiger partial charge in [0, 0.05) is 13.1 Å². The normalized spacial score (nSPS) is 17.2. The Morgan fingerprint density at radius 1 is 1.20 bits per heavy atom. The minimum atomic E-state index is -0.322. The van der Waals surface area contributed by atoms with Crippen molar-refractivity contribution in [2.45, 2.75) is 6.10 Å². The van der Waals surface area contributed by atoms with Crippen molar-refractivity contribution in [3.8, 4) is 11.6 Å². The van der Waals surface area contributed by atoms with E-state index in [4.69, 9.17) is 9.47 Å². The van der Waals surface area contributed by atoms with Gasteiger partial charge in [-0.15, -0.1) is 17.5 Å². The third-order valence-corrected chi connectivity index (χ3v) is 4.04. The Morgan fingerprint density at radius 3 is 2.80 bits per heavy atom. The lowest BCUT2D eigenvalue weighted by molar-refractivity contribution is -0.000507. The van der Waals surface area contributed by atoms with Gasteiger partial charge in [-0.1, -0.05) is 24.3 Å². The highest BCUT2D eigenvalue weighted by atomic mass is 35.5. The minimum absolute atomic E-state index is 0. The fourth-order valence-corrected chi connectivity index (χ4v) is 2.85. The number of hydrogen-bond acceptors (Lipinski definition) is 4. The van der Waals surface area contributed by atoms with E-state index in [2.05, 4.69) is 10.4 Å². The van der Waals surface area contributed by atoms with Crippen molar-refractivity contribution in [1.29, 1.82) is 0 Å². The van der Waals surface area contributed by atoms with Gasteiger partial charge in [0.05, 0.1) is 17.5 Å². The smallest absolute Gasteiger partial charge is 0.241 e. The van der Waals surface area contributed by atoms with Crippen molar-refractivity contribution in [3.63, 3.8) is 0 Å². The molecule has 3 aromatic rings. The van der Waals surface area contributed by atoms with Crippen molar-refractivity contribution in [1.82, 2.24) is 15.1 Å². The molecule has 0 spiro atoms. The molecule has 0 bridgehead atoms. The summed E-state index contributed by atoms with van der Waals surface area (Å²) in [7, 11) is 0. The molecule has 1 aliphatic heterocycles. The standard InChI is InChI=1S/C18H18FN3O2.ClH/c19-15-6-2-4-8-17(15)22-16-7-3-1-5-14(16)18(21-22)24-12-13-11-20-9-10-23-13;/h1-8,13,20H,9-12H2;1H/t13-;/m1./s1. The van der Waals surface area contributed by atoms with Crippen LogP contribution in [0.2, 0.25) is 0 Å². The summed E-state index contributed by atoms with van der Waals surface area (Å²) in [6.45, 7) is 2.71. The molecule has 1 fully saturated rings. The minimum Gasteiger partial charge on any atom is -0.473 e. The number of rotatable bonds is 4. The maximum atomic E-state index is 14.2. The lowest BCUT2D eigenvalue weighted by atomic mass is 10.2. The lowest BCUT2D eigenvalue weighted by Crippen LogP contribution is -2.41. The van der Waals surface area contributed by atoms with Crippen LogP contribution in [0.3, 0.4) is 0 Å². The van der Waals surface area contributed by atoms with Gasteiger partial charge in [0.2, 0.25) is 5.88 Å². The lowest BCUT2D eigenvalue weighted by Gasteiger charge is -2.23. The number of benzene rings is 2. The van der Waals surface area contributed by atoms with Crippen molar-refractivity contribution in [3.05, 3.63) is 54.3 Å². The molecule has 0 amide bonds. The number of nitrogens with zero attached hydrogens (tertiary/aromatic N) is 2. The number of aromatic nitrogens is 2. The second kappa shape index (κ2) is 7.82. The Bertz CT molecular complexity index is 849. The molecule has 5 nitrogen and oxygen atoms in total. The summed E-state index contributed by atoms with van der Waals surface area (Å²) in [5.41, 5.74) is 1.21. The van der Waals surface area contributed by atoms with Crippen LogP contribution in [0.1, 0.15) is 0 Å². The van der Waals surface area contributed by atoms with Gasteiger partial charge in [-0.05, 0) is 24.3 Å². The maximum absolute atomic E-state index is 14.2. The number of halogens is 2. The van der Waals surface area contributed by atoms with Crippen LogP contribution in [0, 0.1) is 5.82 Å². The number of fused-ring (bicyclic) bond motifs is 1. The van der Waals surface area contributed by atoms with Crippen molar-refractivity contribution >= 4 is 23.3 Å². The highest BCUT2D eigenvalue weighted by Crippen LogP contribution is 2.28. The summed E-state index contributed by atoms with van der Waals surface area (Å²) in [5.74, 6) is 0.167. The Morgan fingerprint density at radius 2 is 2.00 bits per heavy atom. The molecule has 7 heteroatoms. The Balaban J connectivity index is 0.00000182. The van der Waals surface area contributed by atoms with Crippen LogP contribution >= 0.6 is 12.4 Å². The van der Waals surface area contributed by atoms with Crippen LogP contribution in [0.25, 0.3) is 16.6 Å². The summed E-state index contributed by atoms with van der Waals surface area (Å²) in [5, 5.41) is 8.60. The zero-order valence-corrected chi connectivity index (χ0v) is 14.3. The van der Waals surface area contributed by atoms with Crippen LogP contribution in [0.5, 0.6) is 5.88 Å². The molecule has 132 valence electrons. The predicted octanol–water partition coefficient (Wildman–Crippen LogP) is 2.95. The number of hydrogen-bond donors (Lipinski definition) is 1. The fraction of sp³-hybridized carbons (Fsp3) is 0.278. The third-order valence-electron chi connectivity index (χ3n) is 4.04. The average Bonchev–Trinajstić information content (AvgIpc) is 3.00. The highest BCUT2D eigenvalue weighted by molar-refractivity contribution is 5.86. The molecular weight excluding hydrogens is 345 g/mol. The summed E-state index contributed by atoms with van der Waals surface area (Å²) in [4.78, 5) is 0. The molecule has 1 N–H and O–H groups in total. The second-order valence-electron chi connectivity index (χ2n) is 5.69. The van der Waals surface area contributed by atoms with Gasteiger partial charge in [0.15, 0.2) is 0 Å². The zero-order valence-electron chi connectivity index (χ0n) is 13.5. The van der Waals surface area contributed by atoms with Gasteiger partial charge in [0.25, 0.3) is 0 Å². The number of nitrogens with one attached hydrogen (secondary N) is 1. The van der Waals surface area contributed by atoms with E-state index in [1.165, 1.54) is 6.07 Å². The maximum Gasteiger partial charge on any atom is 0.241 e. The molecular formula is C18H19ClFN3O2. The number of para-hydroxylation sites is 2. The average molecular weight is 364 g/mol. The molecule has 1 saturated heterocycles. The fourth-order valence-electron chi connectivity index (χ4n) is 2.85. The van der Waals surface area contributed by atoms with Gasteiger partial charge in [-0.3, -0.25) is 0 Å². The van der Waals surface area contributed by atoms with E-state index in [1.54, 1.807) is 22.9 Å². The monoisotopic (exact) mass is 363 g/mol. The summed E-state index contributed by atoms with van der Waals surface area (Å²) in [6, 6.07) is 14.2. The Labute approximate surface area is 151 Å². The summed E-state index contributed by atoms with van der Waals surface area (Å²) < 4.78 is 27.3. The zero-order chi connectivity index (χ0) is 16.4. The highest BCUT2D eigenvalue weighted by Gasteiger charge is 2.18. The van der Waals surface area contributed by atoms with E-state index in [0.29, 0.717) is 24.8 Å². The van der Waals surface area contributed by atoms with E-state index in [0.717, 1.165) is 24.0 Å². The van der Waals surface area contributed by atoms with E-state index in [-0.39, 0.29) is 24.3 Å². The SMILES string of the molecule is Cl.Fc1ccccc1-n1nc(OC[C@H]2CNCCO2)c2ccccc21. The van der Waals surface area contributed by atoms with Crippen molar-refractivity contribution in [2.75, 3.05) is 26.3 Å². The Hall–Kier alpha value is -2.15. The van der Waals surface area contributed by atoms with Gasteiger partial charge in [-0.25, -0.2) is 9.07 Å². The first-order chi connectivity index (χ1) is 11.8. The van der Waals surface area contributed by atoms with Gasteiger partial charge < -0.3 is 14.8 Å². The van der Waals surface area contributed by atoms with Crippen LogP contribution in [0.15, 0.2) is 48.5 Å². The van der Waals surface area contributed by atoms with Crippen LogP contribution < -0.4 is 10.1 Å². The summed E-state index contributed by atoms with van der Waals surface area (Å²) >= 11 is 0. The van der Waals surface area contributed by atoms with E-state index < -0.39 is 0 Å². The molecule has 25 heavy (non-hydrogen) atoms. The Kier molecular flexibility index (Phi) is 5.53. The molecule has 1 aliphatic rings. The molecule has 0 unspecified atom stereocenters. The topological polar surface area (TPSA) is 48.3 Å². The molecule has 0 aliphatic carbocycles. The molecule has 0 radical (unpaired) electrons. The predicted molar refractivity (Wildman–Crippen MR) is 96.4 cm³/mol. The molecule has 1 atom stereocenters. The number of morpholine rings is 1. The van der Waals surface area contributed by atoms with Gasteiger partial charge >= 0.3 is 0 Å². The van der Waals surface area contributed by atoms with Gasteiger partial charge in [-0.2, -0.15) is 0 Å². The molecule has 2 aromatic carbocycles. The molecule has 4 rings (SSSR count). The van der Waals surface area contributed by atoms with Crippen molar-refractivity contribution < 1.29 is 13.9 Å². The third kappa shape index (κ3) is 3.61. The first kappa shape index (κ1) is 17.7. The molecule has 2 heterocycles. The first-order valence-electron chi connectivity index (χ1n) is 8.01.